The van der Waals surface area contributed by atoms with E-state index in [4.69, 9.17) is 17.0 Å². The van der Waals surface area contributed by atoms with Crippen molar-refractivity contribution >= 4 is 23.0 Å². The van der Waals surface area contributed by atoms with Gasteiger partial charge in [-0.2, -0.15) is 0 Å². The Labute approximate surface area is 144 Å². The molecule has 0 saturated carbocycles. The number of hydrogen-bond donors (Lipinski definition) is 2. The van der Waals surface area contributed by atoms with Gasteiger partial charge >= 0.3 is 0 Å². The predicted molar refractivity (Wildman–Crippen MR) is 101 cm³/mol. The molecule has 0 radical (unpaired) electrons. The Morgan fingerprint density at radius 3 is 2.35 bits per heavy atom. The van der Waals surface area contributed by atoms with Gasteiger partial charge in [0.05, 0.1) is 6.04 Å². The van der Waals surface area contributed by atoms with E-state index < -0.39 is 0 Å². The molecule has 0 saturated heterocycles. The molecule has 2 aromatic rings. The lowest BCUT2D eigenvalue weighted by atomic mass is 10.1. The lowest BCUT2D eigenvalue weighted by Gasteiger charge is -2.18. The highest BCUT2D eigenvalue weighted by atomic mass is 32.1. The molecular weight excluding hydrogens is 304 g/mol. The van der Waals surface area contributed by atoms with Gasteiger partial charge in [0.2, 0.25) is 0 Å². The standard InChI is InChI=1S/C19H24N2OS/c1-13-5-8-17(9-6-13)22-12-16(4)20-19(23)21-18-10-7-14(2)11-15(18)3/h5-11,16H,12H2,1-4H3,(H2,20,21,23). The topological polar surface area (TPSA) is 33.3 Å². The monoisotopic (exact) mass is 328 g/mol. The van der Waals surface area contributed by atoms with E-state index in [0.29, 0.717) is 11.7 Å². The van der Waals surface area contributed by atoms with Crippen LogP contribution in [0.2, 0.25) is 0 Å². The van der Waals surface area contributed by atoms with E-state index in [1.165, 1.54) is 16.7 Å². The summed E-state index contributed by atoms with van der Waals surface area (Å²) in [5.41, 5.74) is 4.67. The van der Waals surface area contributed by atoms with Crippen molar-refractivity contribution < 1.29 is 4.74 Å². The molecule has 122 valence electrons. The van der Waals surface area contributed by atoms with Crippen molar-refractivity contribution in [3.8, 4) is 5.75 Å². The molecule has 0 aliphatic rings. The lowest BCUT2D eigenvalue weighted by molar-refractivity contribution is 0.287. The van der Waals surface area contributed by atoms with Crippen LogP contribution in [0.25, 0.3) is 0 Å². The summed E-state index contributed by atoms with van der Waals surface area (Å²) in [6, 6.07) is 14.4. The normalized spacial score (nSPS) is 11.7. The zero-order valence-electron chi connectivity index (χ0n) is 14.1. The fourth-order valence-electron chi connectivity index (χ4n) is 2.23. The van der Waals surface area contributed by atoms with Crippen LogP contribution in [0.4, 0.5) is 5.69 Å². The van der Waals surface area contributed by atoms with Gasteiger partial charge in [0.1, 0.15) is 12.4 Å². The van der Waals surface area contributed by atoms with Gasteiger partial charge in [-0.25, -0.2) is 0 Å². The van der Waals surface area contributed by atoms with Gasteiger partial charge in [-0.15, -0.1) is 0 Å². The van der Waals surface area contributed by atoms with Crippen molar-refractivity contribution in [3.63, 3.8) is 0 Å². The highest BCUT2D eigenvalue weighted by Crippen LogP contribution is 2.16. The lowest BCUT2D eigenvalue weighted by Crippen LogP contribution is -2.39. The molecule has 0 aromatic heterocycles. The number of anilines is 1. The molecule has 2 rings (SSSR count). The smallest absolute Gasteiger partial charge is 0.171 e. The summed E-state index contributed by atoms with van der Waals surface area (Å²) in [6.07, 6.45) is 0. The van der Waals surface area contributed by atoms with Crippen molar-refractivity contribution in [2.24, 2.45) is 0 Å². The molecule has 2 N–H and O–H groups in total. The van der Waals surface area contributed by atoms with E-state index >= 15 is 0 Å². The molecule has 0 bridgehead atoms. The van der Waals surface area contributed by atoms with Crippen LogP contribution in [0.15, 0.2) is 42.5 Å². The molecule has 1 atom stereocenters. The summed E-state index contributed by atoms with van der Waals surface area (Å²) in [5, 5.41) is 7.09. The van der Waals surface area contributed by atoms with Crippen LogP contribution in [0.3, 0.4) is 0 Å². The van der Waals surface area contributed by atoms with Gasteiger partial charge in [-0.1, -0.05) is 35.4 Å². The first-order valence-electron chi connectivity index (χ1n) is 7.78. The van der Waals surface area contributed by atoms with E-state index in [9.17, 15) is 0 Å². The minimum atomic E-state index is 0.113. The maximum atomic E-state index is 5.76. The highest BCUT2D eigenvalue weighted by Gasteiger charge is 2.07. The summed E-state index contributed by atoms with van der Waals surface area (Å²) in [4.78, 5) is 0. The molecule has 0 amide bonds. The summed E-state index contributed by atoms with van der Waals surface area (Å²) in [7, 11) is 0. The number of hydrogen-bond acceptors (Lipinski definition) is 2. The van der Waals surface area contributed by atoms with Gasteiger partial charge in [-0.05, 0) is 63.7 Å². The molecule has 4 heteroatoms. The molecule has 0 spiro atoms. The Balaban J connectivity index is 1.81. The fourth-order valence-corrected chi connectivity index (χ4v) is 2.54. The number of thiocarbonyl (C=S) groups is 1. The Morgan fingerprint density at radius 1 is 1.04 bits per heavy atom. The summed E-state index contributed by atoms with van der Waals surface area (Å²) in [5.74, 6) is 0.873. The van der Waals surface area contributed by atoms with Crippen LogP contribution in [0, 0.1) is 20.8 Å². The SMILES string of the molecule is Cc1ccc(OCC(C)NC(=S)Nc2ccc(C)cc2C)cc1. The number of rotatable bonds is 5. The van der Waals surface area contributed by atoms with Crippen molar-refractivity contribution in [1.82, 2.24) is 5.32 Å². The van der Waals surface area contributed by atoms with Crippen LogP contribution >= 0.6 is 12.2 Å². The van der Waals surface area contributed by atoms with Crippen LogP contribution in [-0.4, -0.2) is 17.8 Å². The van der Waals surface area contributed by atoms with Gasteiger partial charge in [0.25, 0.3) is 0 Å². The molecule has 1 unspecified atom stereocenters. The van der Waals surface area contributed by atoms with Crippen molar-refractivity contribution in [2.45, 2.75) is 33.7 Å². The minimum absolute atomic E-state index is 0.113. The fraction of sp³-hybridized carbons (Fsp3) is 0.316. The van der Waals surface area contributed by atoms with Crippen LogP contribution in [-0.2, 0) is 0 Å². The largest absolute Gasteiger partial charge is 0.491 e. The third kappa shape index (κ3) is 5.57. The van der Waals surface area contributed by atoms with Gasteiger partial charge < -0.3 is 15.4 Å². The Morgan fingerprint density at radius 2 is 1.70 bits per heavy atom. The zero-order valence-corrected chi connectivity index (χ0v) is 15.0. The molecule has 0 fully saturated rings. The van der Waals surface area contributed by atoms with Gasteiger partial charge in [-0.3, -0.25) is 0 Å². The average molecular weight is 328 g/mol. The third-order valence-electron chi connectivity index (χ3n) is 3.53. The van der Waals surface area contributed by atoms with E-state index in [2.05, 4.69) is 43.5 Å². The summed E-state index contributed by atoms with van der Waals surface area (Å²) >= 11 is 5.37. The van der Waals surface area contributed by atoms with Gasteiger partial charge in [0, 0.05) is 5.69 Å². The predicted octanol–water partition coefficient (Wildman–Crippen LogP) is 4.37. The zero-order chi connectivity index (χ0) is 16.8. The van der Waals surface area contributed by atoms with Crippen molar-refractivity contribution in [2.75, 3.05) is 11.9 Å². The van der Waals surface area contributed by atoms with Crippen molar-refractivity contribution in [3.05, 3.63) is 59.2 Å². The first-order chi connectivity index (χ1) is 10.9. The van der Waals surface area contributed by atoms with E-state index in [1.807, 2.05) is 37.3 Å². The Hall–Kier alpha value is -2.07. The van der Waals surface area contributed by atoms with Crippen LogP contribution < -0.4 is 15.4 Å². The third-order valence-corrected chi connectivity index (χ3v) is 3.75. The Bertz CT molecular complexity index is 668. The maximum Gasteiger partial charge on any atom is 0.171 e. The molecule has 3 nitrogen and oxygen atoms in total. The second-order valence-corrected chi connectivity index (χ2v) is 6.35. The molecule has 0 heterocycles. The van der Waals surface area contributed by atoms with E-state index in [-0.39, 0.29) is 6.04 Å². The second-order valence-electron chi connectivity index (χ2n) is 5.94. The molecule has 23 heavy (non-hydrogen) atoms. The van der Waals surface area contributed by atoms with Gasteiger partial charge in [0.15, 0.2) is 5.11 Å². The molecule has 2 aromatic carbocycles. The first-order valence-corrected chi connectivity index (χ1v) is 8.19. The first kappa shape index (κ1) is 17.3. The summed E-state index contributed by atoms with van der Waals surface area (Å²) < 4.78 is 5.76. The van der Waals surface area contributed by atoms with E-state index in [0.717, 1.165) is 11.4 Å². The van der Waals surface area contributed by atoms with Crippen molar-refractivity contribution in [1.29, 1.82) is 0 Å². The molecule has 0 aliphatic carbocycles. The Kier molecular flexibility index (Phi) is 5.99. The maximum absolute atomic E-state index is 5.76. The van der Waals surface area contributed by atoms with Crippen LogP contribution in [0.1, 0.15) is 23.6 Å². The van der Waals surface area contributed by atoms with Crippen LogP contribution in [0.5, 0.6) is 5.75 Å². The highest BCUT2D eigenvalue weighted by molar-refractivity contribution is 7.80. The quantitative estimate of drug-likeness (QED) is 0.799. The number of benzene rings is 2. The molecule has 0 aliphatic heterocycles. The number of aryl methyl sites for hydroxylation is 3. The average Bonchev–Trinajstić information content (AvgIpc) is 2.49. The minimum Gasteiger partial charge on any atom is -0.491 e. The van der Waals surface area contributed by atoms with E-state index in [1.54, 1.807) is 0 Å². The summed E-state index contributed by atoms with van der Waals surface area (Å²) in [6.45, 7) is 8.81. The number of nitrogens with one attached hydrogen (secondary N) is 2. The molecular formula is C19H24N2OS. The number of ether oxygens (including phenoxy) is 1. The second kappa shape index (κ2) is 7.97.